The van der Waals surface area contributed by atoms with Gasteiger partial charge >= 0.3 is 29.6 Å². The molecule has 0 spiro atoms. The van der Waals surface area contributed by atoms with Crippen LogP contribution in [0, 0.1) is 0 Å². The molecule has 0 radical (unpaired) electrons. The van der Waals surface area contributed by atoms with Crippen molar-refractivity contribution in [3.63, 3.8) is 0 Å². The Labute approximate surface area is 128 Å². The van der Waals surface area contributed by atoms with Crippen LogP contribution in [0.15, 0.2) is 0 Å². The molecule has 9 heavy (non-hydrogen) atoms. The fourth-order valence-electron chi connectivity index (χ4n) is 0. The zero-order valence-corrected chi connectivity index (χ0v) is 12.8. The third kappa shape index (κ3) is 89.2. The molecule has 66 valence electrons. The standard InChI is InChI=1S/8ClH.Na.H/h8*1H;;/q;;;;;;;;+1;-1. The van der Waals surface area contributed by atoms with Crippen molar-refractivity contribution in [3.8, 4) is 0 Å². The molecule has 9 heteroatoms. The number of hydrogen-bond donors (Lipinski definition) is 0. The molecule has 0 saturated heterocycles. The van der Waals surface area contributed by atoms with Crippen LogP contribution in [0.25, 0.3) is 0 Å². The molecular formula is H9Cl8Na. The minimum Gasteiger partial charge on any atom is -1.00 e. The van der Waals surface area contributed by atoms with Crippen LogP contribution in [0.4, 0.5) is 0 Å². The second-order valence-corrected chi connectivity index (χ2v) is 0. The first-order valence-electron chi connectivity index (χ1n) is 0. The summed E-state index contributed by atoms with van der Waals surface area (Å²) in [7, 11) is 0. The average Bonchev–Trinajstić information content (AvgIpc) is 0. The van der Waals surface area contributed by atoms with Crippen LogP contribution in [0.1, 0.15) is 1.43 Å². The number of halogens is 8. The Hall–Kier alpha value is 3.32. The Balaban J connectivity index is 0. The van der Waals surface area contributed by atoms with Crippen molar-refractivity contribution >= 4 is 99.3 Å². The van der Waals surface area contributed by atoms with Crippen LogP contribution in [0.5, 0.6) is 0 Å². The third-order valence-corrected chi connectivity index (χ3v) is 0. The summed E-state index contributed by atoms with van der Waals surface area (Å²) in [6, 6.07) is 0. The maximum Gasteiger partial charge on any atom is 1.00 e. The Bertz CT molecular complexity index is 9.22. The van der Waals surface area contributed by atoms with Crippen LogP contribution in [-0.4, -0.2) is 0 Å². The van der Waals surface area contributed by atoms with Crippen molar-refractivity contribution in [2.75, 3.05) is 0 Å². The maximum absolute atomic E-state index is 0. The van der Waals surface area contributed by atoms with Gasteiger partial charge in [0, 0.05) is 0 Å². The smallest absolute Gasteiger partial charge is 1.00 e. The molecule has 0 atom stereocenters. The normalized spacial score (nSPS) is 0. The van der Waals surface area contributed by atoms with E-state index in [1.165, 1.54) is 0 Å². The van der Waals surface area contributed by atoms with Crippen LogP contribution < -0.4 is 29.6 Å². The van der Waals surface area contributed by atoms with Crippen molar-refractivity contribution in [1.29, 1.82) is 0 Å². The second-order valence-electron chi connectivity index (χ2n) is 0. The number of hydrogen-bond acceptors (Lipinski definition) is 0. The summed E-state index contributed by atoms with van der Waals surface area (Å²) in [6.07, 6.45) is 0. The van der Waals surface area contributed by atoms with Gasteiger partial charge in [-0.15, -0.1) is 99.3 Å². The molecule has 0 aromatic heterocycles. The van der Waals surface area contributed by atoms with E-state index in [-0.39, 0.29) is 130 Å². The molecule has 0 fully saturated rings. The molecule has 0 heterocycles. The second kappa shape index (κ2) is 109. The van der Waals surface area contributed by atoms with Gasteiger partial charge in [0.15, 0.2) is 0 Å². The molecule has 0 amide bonds. The quantitative estimate of drug-likeness (QED) is 0.571. The topological polar surface area (TPSA) is 0 Å². The first-order chi connectivity index (χ1) is 0. The molecule has 0 aromatic carbocycles. The van der Waals surface area contributed by atoms with E-state index >= 15 is 0 Å². The minimum atomic E-state index is 0. The Morgan fingerprint density at radius 3 is 0.333 bits per heavy atom. The zero-order chi connectivity index (χ0) is 0. The fraction of sp³-hybridized carbons (Fsp3) is 0. The van der Waals surface area contributed by atoms with E-state index in [0.29, 0.717) is 0 Å². The van der Waals surface area contributed by atoms with E-state index in [0.717, 1.165) is 0 Å². The molecule has 0 aromatic rings. The molecule has 0 unspecified atom stereocenters. The van der Waals surface area contributed by atoms with E-state index < -0.39 is 0 Å². The summed E-state index contributed by atoms with van der Waals surface area (Å²) in [5.74, 6) is 0. The Morgan fingerprint density at radius 1 is 0.333 bits per heavy atom. The first-order valence-corrected chi connectivity index (χ1v) is 0. The van der Waals surface area contributed by atoms with Gasteiger partial charge in [-0.05, 0) is 0 Å². The largest absolute Gasteiger partial charge is 1.00 e. The third-order valence-electron chi connectivity index (χ3n) is 0. The summed E-state index contributed by atoms with van der Waals surface area (Å²) in [6.45, 7) is 0. The van der Waals surface area contributed by atoms with Crippen molar-refractivity contribution in [1.82, 2.24) is 0 Å². The van der Waals surface area contributed by atoms with Gasteiger partial charge in [-0.25, -0.2) is 0 Å². The van der Waals surface area contributed by atoms with E-state index in [1.54, 1.807) is 0 Å². The molecule has 0 aliphatic rings. The van der Waals surface area contributed by atoms with Gasteiger partial charge in [-0.2, -0.15) is 0 Å². The van der Waals surface area contributed by atoms with Crippen molar-refractivity contribution in [3.05, 3.63) is 0 Å². The number of rotatable bonds is 0. The van der Waals surface area contributed by atoms with E-state index in [4.69, 9.17) is 0 Å². The van der Waals surface area contributed by atoms with Gasteiger partial charge in [-0.3, -0.25) is 0 Å². The van der Waals surface area contributed by atoms with Crippen molar-refractivity contribution < 1.29 is 31.0 Å². The monoisotopic (exact) mass is 312 g/mol. The molecule has 0 N–H and O–H groups in total. The molecule has 0 aliphatic carbocycles. The van der Waals surface area contributed by atoms with Gasteiger partial charge in [0.05, 0.1) is 0 Å². The van der Waals surface area contributed by atoms with Gasteiger partial charge in [0.25, 0.3) is 0 Å². The zero-order valence-electron chi connectivity index (χ0n) is 5.27. The summed E-state index contributed by atoms with van der Waals surface area (Å²) in [5.41, 5.74) is 0. The van der Waals surface area contributed by atoms with Gasteiger partial charge in [-0.1, -0.05) is 0 Å². The van der Waals surface area contributed by atoms with Gasteiger partial charge < -0.3 is 1.43 Å². The van der Waals surface area contributed by atoms with Gasteiger partial charge in [0.1, 0.15) is 0 Å². The summed E-state index contributed by atoms with van der Waals surface area (Å²) < 4.78 is 0. The predicted octanol–water partition coefficient (Wildman–Crippen LogP) is 0.491. The predicted molar refractivity (Wildman–Crippen MR) is 59.1 cm³/mol. The first kappa shape index (κ1) is 143. The fourth-order valence-corrected chi connectivity index (χ4v) is 0. The Morgan fingerprint density at radius 2 is 0.333 bits per heavy atom. The SMILES string of the molecule is Cl.Cl.Cl.Cl.Cl.Cl.Cl.Cl.[H-].[Na+]. The molecule has 0 aliphatic heterocycles. The summed E-state index contributed by atoms with van der Waals surface area (Å²) in [5, 5.41) is 0. The van der Waals surface area contributed by atoms with Crippen LogP contribution >= 0.6 is 99.3 Å². The van der Waals surface area contributed by atoms with Gasteiger partial charge in [0.2, 0.25) is 0 Å². The molecule has 0 saturated carbocycles. The summed E-state index contributed by atoms with van der Waals surface area (Å²) in [4.78, 5) is 0. The maximum atomic E-state index is 0. The van der Waals surface area contributed by atoms with Crippen LogP contribution in [0.2, 0.25) is 0 Å². The minimum absolute atomic E-state index is 0. The molecule has 0 rings (SSSR count). The average molecular weight is 316 g/mol. The van der Waals surface area contributed by atoms with E-state index in [9.17, 15) is 0 Å². The summed E-state index contributed by atoms with van der Waals surface area (Å²) >= 11 is 0. The van der Waals surface area contributed by atoms with Crippen molar-refractivity contribution in [2.24, 2.45) is 0 Å². The molecule has 0 nitrogen and oxygen atoms in total. The molecule has 0 bridgehead atoms. The Kier molecular flexibility index (Phi) is 1740. The van der Waals surface area contributed by atoms with Crippen LogP contribution in [0.3, 0.4) is 0 Å². The molecular weight excluding hydrogens is 307 g/mol. The van der Waals surface area contributed by atoms with Crippen LogP contribution in [-0.2, 0) is 0 Å². The van der Waals surface area contributed by atoms with E-state index in [2.05, 4.69) is 0 Å². The van der Waals surface area contributed by atoms with Crippen molar-refractivity contribution in [2.45, 2.75) is 0 Å². The van der Waals surface area contributed by atoms with E-state index in [1.807, 2.05) is 0 Å².